The highest BCUT2D eigenvalue weighted by atomic mass is 35.5. The Morgan fingerprint density at radius 3 is 2.74 bits per heavy atom. The van der Waals surface area contributed by atoms with E-state index in [-0.39, 0.29) is 18.2 Å². The smallest absolute Gasteiger partial charge is 0.229 e. The van der Waals surface area contributed by atoms with Gasteiger partial charge in [-0.05, 0) is 30.3 Å². The first kappa shape index (κ1) is 17.7. The fraction of sp³-hybridized carbons (Fsp3) is 0.300. The molecule has 7 heteroatoms. The molecule has 0 saturated carbocycles. The molecular weight excluding hydrogens is 368 g/mol. The Bertz CT molecular complexity index is 886. The molecule has 0 spiro atoms. The molecule has 1 fully saturated rings. The SMILES string of the molecule is O=C(Nc1ccc2c(c1)OCCCO2)C1CC(=O)N(c2cccc(Cl)c2)C1. The molecule has 0 radical (unpaired) electrons. The second-order valence-corrected chi connectivity index (χ2v) is 7.02. The zero-order valence-corrected chi connectivity index (χ0v) is 15.4. The molecule has 0 aliphatic carbocycles. The zero-order valence-electron chi connectivity index (χ0n) is 14.6. The summed E-state index contributed by atoms with van der Waals surface area (Å²) in [5, 5.41) is 3.43. The van der Waals surface area contributed by atoms with Gasteiger partial charge < -0.3 is 19.7 Å². The van der Waals surface area contributed by atoms with E-state index in [1.54, 1.807) is 41.3 Å². The van der Waals surface area contributed by atoms with Gasteiger partial charge in [0.2, 0.25) is 11.8 Å². The second kappa shape index (κ2) is 7.48. The van der Waals surface area contributed by atoms with Crippen LogP contribution in [0.25, 0.3) is 0 Å². The third-order valence-electron chi connectivity index (χ3n) is 4.63. The van der Waals surface area contributed by atoms with Crippen LogP contribution in [0.3, 0.4) is 0 Å². The highest BCUT2D eigenvalue weighted by Gasteiger charge is 2.35. The monoisotopic (exact) mass is 386 g/mol. The topological polar surface area (TPSA) is 67.9 Å². The van der Waals surface area contributed by atoms with Gasteiger partial charge in [-0.25, -0.2) is 0 Å². The zero-order chi connectivity index (χ0) is 18.8. The molecule has 6 nitrogen and oxygen atoms in total. The van der Waals surface area contributed by atoms with Gasteiger partial charge in [-0.1, -0.05) is 17.7 Å². The van der Waals surface area contributed by atoms with Crippen molar-refractivity contribution in [3.05, 3.63) is 47.5 Å². The summed E-state index contributed by atoms with van der Waals surface area (Å²) in [4.78, 5) is 26.6. The fourth-order valence-corrected chi connectivity index (χ4v) is 3.45. The minimum Gasteiger partial charge on any atom is -0.490 e. The third kappa shape index (κ3) is 3.85. The number of benzene rings is 2. The molecule has 2 heterocycles. The lowest BCUT2D eigenvalue weighted by Crippen LogP contribution is -2.28. The number of fused-ring (bicyclic) bond motifs is 1. The lowest BCUT2D eigenvalue weighted by molar-refractivity contribution is -0.122. The highest BCUT2D eigenvalue weighted by molar-refractivity contribution is 6.31. The Morgan fingerprint density at radius 2 is 1.93 bits per heavy atom. The maximum absolute atomic E-state index is 12.7. The van der Waals surface area contributed by atoms with E-state index >= 15 is 0 Å². The first-order valence-electron chi connectivity index (χ1n) is 8.86. The van der Waals surface area contributed by atoms with Gasteiger partial charge in [-0.15, -0.1) is 0 Å². The summed E-state index contributed by atoms with van der Waals surface area (Å²) in [7, 11) is 0. The molecule has 1 atom stereocenters. The van der Waals surface area contributed by atoms with Crippen LogP contribution in [0.4, 0.5) is 11.4 Å². The van der Waals surface area contributed by atoms with E-state index in [9.17, 15) is 9.59 Å². The van der Waals surface area contributed by atoms with Gasteiger partial charge >= 0.3 is 0 Å². The molecule has 0 bridgehead atoms. The van der Waals surface area contributed by atoms with Gasteiger partial charge in [0.25, 0.3) is 0 Å². The molecule has 2 aliphatic heterocycles. The predicted molar refractivity (Wildman–Crippen MR) is 103 cm³/mol. The molecule has 0 aromatic heterocycles. The standard InChI is InChI=1S/C20H19ClN2O4/c21-14-3-1-4-16(10-14)23-12-13(9-19(23)24)20(25)22-15-5-6-17-18(11-15)27-8-2-7-26-17/h1,3-6,10-11,13H,2,7-9,12H2,(H,22,25). The number of amides is 2. The molecule has 4 rings (SSSR count). The largest absolute Gasteiger partial charge is 0.490 e. The summed E-state index contributed by atoms with van der Waals surface area (Å²) in [5.41, 5.74) is 1.33. The molecule has 2 aromatic rings. The van der Waals surface area contributed by atoms with E-state index in [2.05, 4.69) is 5.32 Å². The summed E-state index contributed by atoms with van der Waals surface area (Å²) < 4.78 is 11.2. The van der Waals surface area contributed by atoms with Crippen LogP contribution in [0, 0.1) is 5.92 Å². The Kier molecular flexibility index (Phi) is 4.90. The van der Waals surface area contributed by atoms with Crippen molar-refractivity contribution in [2.45, 2.75) is 12.8 Å². The third-order valence-corrected chi connectivity index (χ3v) is 4.87. The number of carbonyl (C=O) groups excluding carboxylic acids is 2. The first-order chi connectivity index (χ1) is 13.1. The van der Waals surface area contributed by atoms with Gasteiger partial charge in [0, 0.05) is 41.9 Å². The molecular formula is C20H19ClN2O4. The minimum atomic E-state index is -0.424. The number of rotatable bonds is 3. The van der Waals surface area contributed by atoms with Gasteiger partial charge in [0.1, 0.15) is 0 Å². The van der Waals surface area contributed by atoms with Gasteiger partial charge in [-0.2, -0.15) is 0 Å². The van der Waals surface area contributed by atoms with Crippen LogP contribution in [0.2, 0.25) is 5.02 Å². The summed E-state index contributed by atoms with van der Waals surface area (Å²) in [6.45, 7) is 1.52. The number of anilines is 2. The molecule has 2 aromatic carbocycles. The van der Waals surface area contributed by atoms with Crippen molar-refractivity contribution in [1.82, 2.24) is 0 Å². The first-order valence-corrected chi connectivity index (χ1v) is 9.24. The van der Waals surface area contributed by atoms with E-state index in [0.29, 0.717) is 47.7 Å². The number of ether oxygens (including phenoxy) is 2. The van der Waals surface area contributed by atoms with E-state index in [1.165, 1.54) is 0 Å². The Hall–Kier alpha value is -2.73. The van der Waals surface area contributed by atoms with Crippen molar-refractivity contribution in [2.24, 2.45) is 5.92 Å². The summed E-state index contributed by atoms with van der Waals surface area (Å²) in [5.74, 6) is 0.591. The van der Waals surface area contributed by atoms with Crippen molar-refractivity contribution >= 4 is 34.8 Å². The van der Waals surface area contributed by atoms with Gasteiger partial charge in [0.15, 0.2) is 11.5 Å². The van der Waals surface area contributed by atoms with Gasteiger partial charge in [0.05, 0.1) is 19.1 Å². The van der Waals surface area contributed by atoms with Crippen LogP contribution < -0.4 is 19.7 Å². The maximum Gasteiger partial charge on any atom is 0.229 e. The molecule has 27 heavy (non-hydrogen) atoms. The Labute approximate surface area is 162 Å². The van der Waals surface area contributed by atoms with Crippen LogP contribution in [0.15, 0.2) is 42.5 Å². The number of nitrogens with zero attached hydrogens (tertiary/aromatic N) is 1. The molecule has 1 N–H and O–H groups in total. The lowest BCUT2D eigenvalue weighted by Gasteiger charge is -2.17. The maximum atomic E-state index is 12.7. The van der Waals surface area contributed by atoms with Crippen molar-refractivity contribution in [3.63, 3.8) is 0 Å². The second-order valence-electron chi connectivity index (χ2n) is 6.59. The number of nitrogens with one attached hydrogen (secondary N) is 1. The van der Waals surface area contributed by atoms with Crippen molar-refractivity contribution in [2.75, 3.05) is 30.0 Å². The van der Waals surface area contributed by atoms with Gasteiger partial charge in [-0.3, -0.25) is 9.59 Å². The number of hydrogen-bond donors (Lipinski definition) is 1. The van der Waals surface area contributed by atoms with Crippen LogP contribution in [-0.2, 0) is 9.59 Å². The average Bonchev–Trinajstić information content (AvgIpc) is 2.89. The van der Waals surface area contributed by atoms with Crippen molar-refractivity contribution < 1.29 is 19.1 Å². The van der Waals surface area contributed by atoms with Crippen LogP contribution in [-0.4, -0.2) is 31.6 Å². The Balaban J connectivity index is 1.45. The van der Waals surface area contributed by atoms with Crippen LogP contribution in [0.5, 0.6) is 11.5 Å². The molecule has 1 saturated heterocycles. The van der Waals surface area contributed by atoms with E-state index in [1.807, 2.05) is 6.07 Å². The fourth-order valence-electron chi connectivity index (χ4n) is 3.26. The number of carbonyl (C=O) groups is 2. The average molecular weight is 387 g/mol. The lowest BCUT2D eigenvalue weighted by atomic mass is 10.1. The van der Waals surface area contributed by atoms with Crippen molar-refractivity contribution in [1.29, 1.82) is 0 Å². The Morgan fingerprint density at radius 1 is 1.11 bits per heavy atom. The van der Waals surface area contributed by atoms with E-state index in [4.69, 9.17) is 21.1 Å². The summed E-state index contributed by atoms with van der Waals surface area (Å²) >= 11 is 6.01. The van der Waals surface area contributed by atoms with E-state index < -0.39 is 5.92 Å². The quantitative estimate of drug-likeness (QED) is 0.876. The normalized spacial score (nSPS) is 18.9. The molecule has 1 unspecified atom stereocenters. The van der Waals surface area contributed by atoms with E-state index in [0.717, 1.165) is 6.42 Å². The van der Waals surface area contributed by atoms with Crippen LogP contribution >= 0.6 is 11.6 Å². The minimum absolute atomic E-state index is 0.0870. The van der Waals surface area contributed by atoms with Crippen molar-refractivity contribution in [3.8, 4) is 11.5 Å². The summed E-state index contributed by atoms with van der Waals surface area (Å²) in [6.07, 6.45) is 0.989. The molecule has 2 amide bonds. The highest BCUT2D eigenvalue weighted by Crippen LogP contribution is 2.33. The molecule has 2 aliphatic rings. The molecule has 140 valence electrons. The van der Waals surface area contributed by atoms with Crippen LogP contribution in [0.1, 0.15) is 12.8 Å². The number of halogens is 1. The summed E-state index contributed by atoms with van der Waals surface area (Å²) in [6, 6.07) is 12.4. The predicted octanol–water partition coefficient (Wildman–Crippen LogP) is 3.49. The number of hydrogen-bond acceptors (Lipinski definition) is 4.